The molecule has 1 fully saturated rings. The molecule has 0 spiro atoms. The number of sulfone groups is 1. The number of hydrogen-bond donors (Lipinski definition) is 0. The molecule has 0 aliphatic carbocycles. The zero-order chi connectivity index (χ0) is 23.1. The number of likely N-dealkylation sites (tertiary alicyclic amines) is 1. The van der Waals surface area contributed by atoms with Crippen molar-refractivity contribution < 1.29 is 27.4 Å². The predicted octanol–water partition coefficient (Wildman–Crippen LogP) is 3.96. The lowest BCUT2D eigenvalue weighted by molar-refractivity contribution is 0.0724. The van der Waals surface area contributed by atoms with E-state index in [2.05, 4.69) is 0 Å². The molecule has 0 radical (unpaired) electrons. The molecule has 174 valence electrons. The summed E-state index contributed by atoms with van der Waals surface area (Å²) in [6.07, 6.45) is 0.799. The summed E-state index contributed by atoms with van der Waals surface area (Å²) in [6, 6.07) is 11.8. The molecule has 0 saturated carbocycles. The van der Waals surface area contributed by atoms with Gasteiger partial charge in [-0.1, -0.05) is 18.2 Å². The Bertz CT molecular complexity index is 987. The third kappa shape index (κ3) is 5.18. The maximum atomic E-state index is 13.2. The van der Waals surface area contributed by atoms with Gasteiger partial charge in [-0.3, -0.25) is 4.79 Å². The van der Waals surface area contributed by atoms with Gasteiger partial charge < -0.3 is 19.1 Å². The topological polar surface area (TPSA) is 82.1 Å². The molecule has 1 saturated heterocycles. The Morgan fingerprint density at radius 1 is 0.906 bits per heavy atom. The Morgan fingerprint density at radius 2 is 1.44 bits per heavy atom. The van der Waals surface area contributed by atoms with Crippen molar-refractivity contribution in [3.8, 4) is 17.2 Å². The van der Waals surface area contributed by atoms with Crippen LogP contribution in [-0.2, 0) is 9.84 Å². The number of amides is 1. The summed E-state index contributed by atoms with van der Waals surface area (Å²) >= 11 is 0. The highest BCUT2D eigenvalue weighted by atomic mass is 32.2. The summed E-state index contributed by atoms with van der Waals surface area (Å²) in [4.78, 5) is 15.3. The van der Waals surface area contributed by atoms with Gasteiger partial charge in [0.05, 0.1) is 30.0 Å². The van der Waals surface area contributed by atoms with Gasteiger partial charge in [-0.25, -0.2) is 8.42 Å². The van der Waals surface area contributed by atoms with Crippen molar-refractivity contribution in [1.29, 1.82) is 0 Å². The molecular formula is C24H31NO6S. The van der Waals surface area contributed by atoms with Crippen LogP contribution in [0.2, 0.25) is 0 Å². The standard InChI is InChI=1S/C24H31NO6S/c1-4-29-21-16-18(17-22(30-5-2)23(21)31-6-3)24(26)25-14-12-20(13-15-25)32(27,28)19-10-8-7-9-11-19/h7-11,16-17,20H,4-6,12-15H2,1-3H3. The number of rotatable bonds is 9. The molecular weight excluding hydrogens is 430 g/mol. The van der Waals surface area contributed by atoms with Crippen molar-refractivity contribution in [3.63, 3.8) is 0 Å². The fourth-order valence-electron chi connectivity index (χ4n) is 3.87. The highest BCUT2D eigenvalue weighted by molar-refractivity contribution is 7.92. The molecule has 2 aromatic rings. The Hall–Kier alpha value is -2.74. The van der Waals surface area contributed by atoms with Crippen LogP contribution < -0.4 is 14.2 Å². The number of hydrogen-bond acceptors (Lipinski definition) is 6. The highest BCUT2D eigenvalue weighted by Crippen LogP contribution is 2.39. The van der Waals surface area contributed by atoms with E-state index < -0.39 is 15.1 Å². The third-order valence-corrected chi connectivity index (χ3v) is 7.67. The Labute approximate surface area is 190 Å². The summed E-state index contributed by atoms with van der Waals surface area (Å²) in [5.74, 6) is 1.24. The summed E-state index contributed by atoms with van der Waals surface area (Å²) in [7, 11) is -3.41. The number of carbonyl (C=O) groups excluding carboxylic acids is 1. The lowest BCUT2D eigenvalue weighted by Crippen LogP contribution is -2.42. The van der Waals surface area contributed by atoms with E-state index in [-0.39, 0.29) is 5.91 Å². The van der Waals surface area contributed by atoms with E-state index in [4.69, 9.17) is 14.2 Å². The van der Waals surface area contributed by atoms with E-state index in [9.17, 15) is 13.2 Å². The van der Waals surface area contributed by atoms with Crippen LogP contribution in [0.4, 0.5) is 0 Å². The SMILES string of the molecule is CCOc1cc(C(=O)N2CCC(S(=O)(=O)c3ccccc3)CC2)cc(OCC)c1OCC. The monoisotopic (exact) mass is 461 g/mol. The van der Waals surface area contributed by atoms with Gasteiger partial charge in [0.15, 0.2) is 21.3 Å². The first kappa shape index (κ1) is 23.9. The molecule has 0 bridgehead atoms. The summed E-state index contributed by atoms with van der Waals surface area (Å²) in [6.45, 7) is 7.63. The van der Waals surface area contributed by atoms with E-state index in [0.717, 1.165) is 0 Å². The second-order valence-electron chi connectivity index (χ2n) is 7.45. The number of nitrogens with zero attached hydrogens (tertiary/aromatic N) is 1. The molecule has 7 nitrogen and oxygen atoms in total. The predicted molar refractivity (Wildman–Crippen MR) is 123 cm³/mol. The van der Waals surface area contributed by atoms with Crippen molar-refractivity contribution in [1.82, 2.24) is 4.90 Å². The van der Waals surface area contributed by atoms with Crippen LogP contribution >= 0.6 is 0 Å². The smallest absolute Gasteiger partial charge is 0.254 e. The van der Waals surface area contributed by atoms with Crippen molar-refractivity contribution in [2.24, 2.45) is 0 Å². The average Bonchev–Trinajstić information content (AvgIpc) is 2.81. The van der Waals surface area contributed by atoms with Gasteiger partial charge in [-0.15, -0.1) is 0 Å². The van der Waals surface area contributed by atoms with Crippen molar-refractivity contribution in [2.75, 3.05) is 32.9 Å². The van der Waals surface area contributed by atoms with E-state index in [1.165, 1.54) is 0 Å². The maximum absolute atomic E-state index is 13.2. The first-order valence-corrected chi connectivity index (χ1v) is 12.6. The minimum absolute atomic E-state index is 0.175. The minimum atomic E-state index is -3.41. The van der Waals surface area contributed by atoms with Crippen molar-refractivity contribution in [2.45, 2.75) is 43.8 Å². The van der Waals surface area contributed by atoms with Crippen LogP contribution in [-0.4, -0.2) is 57.4 Å². The quantitative estimate of drug-likeness (QED) is 0.562. The molecule has 1 heterocycles. The lowest BCUT2D eigenvalue weighted by Gasteiger charge is -2.32. The molecule has 1 aliphatic heterocycles. The largest absolute Gasteiger partial charge is 0.490 e. The number of carbonyl (C=O) groups is 1. The average molecular weight is 462 g/mol. The third-order valence-electron chi connectivity index (χ3n) is 5.40. The second kappa shape index (κ2) is 10.7. The first-order valence-electron chi connectivity index (χ1n) is 11.1. The molecule has 0 aromatic heterocycles. The second-order valence-corrected chi connectivity index (χ2v) is 9.68. The van der Waals surface area contributed by atoms with Gasteiger partial charge >= 0.3 is 0 Å². The molecule has 1 aliphatic rings. The van der Waals surface area contributed by atoms with Crippen LogP contribution in [0.5, 0.6) is 17.2 Å². The lowest BCUT2D eigenvalue weighted by atomic mass is 10.1. The summed E-state index contributed by atoms with van der Waals surface area (Å²) < 4.78 is 43.0. The molecule has 0 unspecified atom stereocenters. The van der Waals surface area contributed by atoms with Crippen molar-refractivity contribution in [3.05, 3.63) is 48.0 Å². The van der Waals surface area contributed by atoms with Gasteiger partial charge in [0.2, 0.25) is 5.75 Å². The van der Waals surface area contributed by atoms with Crippen LogP contribution in [0, 0.1) is 0 Å². The van der Waals surface area contributed by atoms with Crippen LogP contribution in [0.25, 0.3) is 0 Å². The summed E-state index contributed by atoms with van der Waals surface area (Å²) in [5, 5.41) is -0.493. The Kier molecular flexibility index (Phi) is 8.01. The van der Waals surface area contributed by atoms with E-state index in [1.807, 2.05) is 20.8 Å². The van der Waals surface area contributed by atoms with Gasteiger partial charge in [0.1, 0.15) is 0 Å². The molecule has 0 atom stereocenters. The maximum Gasteiger partial charge on any atom is 0.254 e. The molecule has 1 amide bonds. The number of benzene rings is 2. The van der Waals surface area contributed by atoms with Crippen LogP contribution in [0.3, 0.4) is 0 Å². The number of piperidine rings is 1. The molecule has 32 heavy (non-hydrogen) atoms. The Balaban J connectivity index is 1.78. The van der Waals surface area contributed by atoms with Crippen LogP contribution in [0.1, 0.15) is 44.0 Å². The van der Waals surface area contributed by atoms with E-state index in [1.54, 1.807) is 47.4 Å². The van der Waals surface area contributed by atoms with Gasteiger partial charge in [0, 0.05) is 18.7 Å². The molecule has 0 N–H and O–H groups in total. The number of ether oxygens (including phenoxy) is 3. The van der Waals surface area contributed by atoms with E-state index in [0.29, 0.717) is 73.5 Å². The first-order chi connectivity index (χ1) is 15.4. The highest BCUT2D eigenvalue weighted by Gasteiger charge is 2.33. The van der Waals surface area contributed by atoms with E-state index >= 15 is 0 Å². The summed E-state index contributed by atoms with van der Waals surface area (Å²) in [5.41, 5.74) is 0.435. The fraction of sp³-hybridized carbons (Fsp3) is 0.458. The molecule has 3 rings (SSSR count). The molecule has 2 aromatic carbocycles. The normalized spacial score (nSPS) is 14.8. The minimum Gasteiger partial charge on any atom is -0.490 e. The van der Waals surface area contributed by atoms with Crippen molar-refractivity contribution >= 4 is 15.7 Å². The zero-order valence-corrected chi connectivity index (χ0v) is 19.7. The van der Waals surface area contributed by atoms with Crippen LogP contribution in [0.15, 0.2) is 47.4 Å². The zero-order valence-electron chi connectivity index (χ0n) is 18.9. The fourth-order valence-corrected chi connectivity index (χ4v) is 5.62. The van der Waals surface area contributed by atoms with Gasteiger partial charge in [0.25, 0.3) is 5.91 Å². The van der Waals surface area contributed by atoms with Gasteiger partial charge in [-0.05, 0) is 57.9 Å². The Morgan fingerprint density at radius 3 is 1.94 bits per heavy atom. The molecule has 8 heteroatoms. The van der Waals surface area contributed by atoms with Gasteiger partial charge in [-0.2, -0.15) is 0 Å².